The van der Waals surface area contributed by atoms with E-state index in [0.29, 0.717) is 0 Å². The number of carbonyl (C=O) groups is 4. The second kappa shape index (κ2) is 11.3. The minimum atomic E-state index is -2.34. The van der Waals surface area contributed by atoms with Crippen LogP contribution in [-0.2, 0) is 19.2 Å². The predicted octanol–water partition coefficient (Wildman–Crippen LogP) is -11.2. The van der Waals surface area contributed by atoms with Gasteiger partial charge in [-0.2, -0.15) is 0 Å². The summed E-state index contributed by atoms with van der Waals surface area (Å²) in [6.07, 6.45) is -3.12. The summed E-state index contributed by atoms with van der Waals surface area (Å²) < 4.78 is 0. The first-order valence-electron chi connectivity index (χ1n) is 5.58. The van der Waals surface area contributed by atoms with Gasteiger partial charge in [-0.3, -0.25) is 14.9 Å². The van der Waals surface area contributed by atoms with Gasteiger partial charge < -0.3 is 41.5 Å². The van der Waals surface area contributed by atoms with E-state index in [0.717, 1.165) is 0 Å². The first kappa shape index (κ1) is 27.6. The van der Waals surface area contributed by atoms with Crippen LogP contribution in [0.5, 0.6) is 0 Å². The smallest absolute Gasteiger partial charge is 0.550 e. The molecule has 13 heteroatoms. The molecule has 0 spiro atoms. The molecule has 0 rings (SSSR count). The molecule has 0 amide bonds. The summed E-state index contributed by atoms with van der Waals surface area (Å²) in [6, 6.07) is 0. The third kappa shape index (κ3) is 9.59. The van der Waals surface area contributed by atoms with Crippen molar-refractivity contribution in [1.29, 1.82) is 0 Å². The fraction of sp³-hybridized carbons (Fsp3) is 0.600. The molecule has 0 radical (unpaired) electrons. The summed E-state index contributed by atoms with van der Waals surface area (Å²) in [5.74, 6) is -6.52. The van der Waals surface area contributed by atoms with Crippen molar-refractivity contribution < 1.29 is 98.7 Å². The zero-order chi connectivity index (χ0) is 16.8. The van der Waals surface area contributed by atoms with Gasteiger partial charge in [0.1, 0.15) is 0 Å². The van der Waals surface area contributed by atoms with E-state index in [9.17, 15) is 29.4 Å². The van der Waals surface area contributed by atoms with Gasteiger partial charge >= 0.3 is 71.1 Å². The third-order valence-corrected chi connectivity index (χ3v) is 2.79. The predicted molar refractivity (Wildman–Crippen MR) is 61.0 cm³/mol. The van der Waals surface area contributed by atoms with Crippen molar-refractivity contribution in [2.45, 2.75) is 30.5 Å². The van der Waals surface area contributed by atoms with Gasteiger partial charge in [-0.15, -0.1) is 0 Å². The van der Waals surface area contributed by atoms with Gasteiger partial charge in [-0.1, -0.05) is 0 Å². The van der Waals surface area contributed by atoms with Crippen LogP contribution in [0.2, 0.25) is 0 Å². The van der Waals surface area contributed by atoms with E-state index >= 15 is 0 Å². The molecule has 7 N–H and O–H groups in total. The number of carboxylic acids is 4. The zero-order valence-corrected chi connectivity index (χ0v) is 16.8. The summed E-state index contributed by atoms with van der Waals surface area (Å²) in [5, 5.41) is 40.8. The fourth-order valence-corrected chi connectivity index (χ4v) is 1.79. The Balaban J connectivity index is -0.00000200. The molecule has 23 heavy (non-hydrogen) atoms. The number of nitrogens with one attached hydrogen (secondary N) is 1. The van der Waals surface area contributed by atoms with Crippen LogP contribution in [0.3, 0.4) is 0 Å². The normalized spacial score (nSPS) is 13.0. The molecule has 0 saturated carbocycles. The average Bonchev–Trinajstić information content (AvgIpc) is 2.22. The summed E-state index contributed by atoms with van der Waals surface area (Å²) in [5.41, 5.74) is 6.68. The van der Waals surface area contributed by atoms with Gasteiger partial charge in [-0.05, 0) is 0 Å². The molecule has 0 saturated heterocycles. The van der Waals surface area contributed by atoms with Crippen molar-refractivity contribution in [3.05, 3.63) is 0 Å². The molecule has 1 unspecified atom stereocenters. The van der Waals surface area contributed by atoms with Gasteiger partial charge in [-0.25, -0.2) is 0 Å². The summed E-state index contributed by atoms with van der Waals surface area (Å²) in [4.78, 5) is 42.8. The third-order valence-electron chi connectivity index (χ3n) is 2.79. The van der Waals surface area contributed by atoms with Crippen LogP contribution in [0.1, 0.15) is 19.3 Å². The number of hydrogen-bond acceptors (Lipinski definition) is 9. The maximum absolute atomic E-state index is 10.8. The standard InChI is InChI=1S/C10H17N3O8.2Na/c11-9(1-5(14)15,2-6(16)17)10(12,3-7(18)19)13-4-8(20)21;;/h13H,1-4,11-12H2,(H,14,15)(H,16,17)(H,18,19)(H,20,21);;/q;2*+1/p-2. The number of nitrogens with two attached hydrogens (primary N) is 2. The summed E-state index contributed by atoms with van der Waals surface area (Å²) in [7, 11) is 0. The van der Waals surface area contributed by atoms with Crippen LogP contribution in [0, 0.1) is 0 Å². The number of carboxylic acid groups (broad SMARTS) is 4. The average molecular weight is 351 g/mol. The Morgan fingerprint density at radius 3 is 1.52 bits per heavy atom. The van der Waals surface area contributed by atoms with Crippen LogP contribution in [0.4, 0.5) is 0 Å². The van der Waals surface area contributed by atoms with Gasteiger partial charge in [0.15, 0.2) is 0 Å². The van der Waals surface area contributed by atoms with Crippen molar-refractivity contribution in [3.63, 3.8) is 0 Å². The largest absolute Gasteiger partial charge is 1.00 e. The van der Waals surface area contributed by atoms with E-state index in [1.165, 1.54) is 0 Å². The second-order valence-electron chi connectivity index (χ2n) is 4.54. The van der Waals surface area contributed by atoms with E-state index in [1.54, 1.807) is 0 Å². The van der Waals surface area contributed by atoms with Crippen LogP contribution in [0.15, 0.2) is 0 Å². The van der Waals surface area contributed by atoms with E-state index in [-0.39, 0.29) is 59.1 Å². The number of carbonyl (C=O) groups excluding carboxylic acids is 2. The van der Waals surface area contributed by atoms with Gasteiger partial charge in [0, 0.05) is 18.9 Å². The number of aliphatic carboxylic acids is 4. The van der Waals surface area contributed by atoms with E-state index < -0.39 is 60.9 Å². The summed E-state index contributed by atoms with van der Waals surface area (Å²) in [6.45, 7) is -0.956. The minimum Gasteiger partial charge on any atom is -0.550 e. The molecule has 120 valence electrons. The Bertz CT molecular complexity index is 445. The van der Waals surface area contributed by atoms with Gasteiger partial charge in [0.05, 0.1) is 30.0 Å². The van der Waals surface area contributed by atoms with Crippen molar-refractivity contribution in [1.82, 2.24) is 5.32 Å². The Labute approximate surface area is 175 Å². The second-order valence-corrected chi connectivity index (χ2v) is 4.54. The first-order valence-corrected chi connectivity index (χ1v) is 5.58. The minimum absolute atomic E-state index is 0. The fourth-order valence-electron chi connectivity index (χ4n) is 1.79. The van der Waals surface area contributed by atoms with E-state index in [4.69, 9.17) is 21.7 Å². The SMILES string of the molecule is NC(CC(=O)O)(CC(=O)O)C(N)(CC(=O)[O-])NCC(=O)[O-].[Na+].[Na+]. The maximum Gasteiger partial charge on any atom is 1.00 e. The van der Waals surface area contributed by atoms with Crippen LogP contribution in [0.25, 0.3) is 0 Å². The molecule has 0 aromatic heterocycles. The maximum atomic E-state index is 10.8. The molecule has 0 aromatic rings. The summed E-state index contributed by atoms with van der Waals surface area (Å²) >= 11 is 0. The molecule has 0 aliphatic rings. The molecule has 0 aliphatic heterocycles. The van der Waals surface area contributed by atoms with Crippen LogP contribution < -0.4 is 86.1 Å². The monoisotopic (exact) mass is 351 g/mol. The van der Waals surface area contributed by atoms with Crippen LogP contribution >= 0.6 is 0 Å². The molecular formula is C10H15N3Na2O8. The molecule has 0 fully saturated rings. The molecule has 0 heterocycles. The van der Waals surface area contributed by atoms with E-state index in [2.05, 4.69) is 0 Å². The Morgan fingerprint density at radius 2 is 1.26 bits per heavy atom. The van der Waals surface area contributed by atoms with Gasteiger partial charge in [0.25, 0.3) is 0 Å². The topological polar surface area (TPSA) is 219 Å². The number of hydrogen-bond donors (Lipinski definition) is 5. The molecule has 1 atom stereocenters. The molecule has 0 aromatic carbocycles. The zero-order valence-electron chi connectivity index (χ0n) is 12.8. The first-order chi connectivity index (χ1) is 9.42. The molecule has 0 bridgehead atoms. The van der Waals surface area contributed by atoms with E-state index in [1.807, 2.05) is 5.32 Å². The van der Waals surface area contributed by atoms with Crippen molar-refractivity contribution >= 4 is 23.9 Å². The van der Waals surface area contributed by atoms with Crippen molar-refractivity contribution in [3.8, 4) is 0 Å². The van der Waals surface area contributed by atoms with Crippen molar-refractivity contribution in [2.24, 2.45) is 11.5 Å². The Hall–Kier alpha value is -0.240. The molecule has 0 aliphatic carbocycles. The molecule has 11 nitrogen and oxygen atoms in total. The Kier molecular flexibility index (Phi) is 13.6. The van der Waals surface area contributed by atoms with Crippen molar-refractivity contribution in [2.75, 3.05) is 6.54 Å². The number of rotatable bonds is 10. The quantitative estimate of drug-likeness (QED) is 0.184. The van der Waals surface area contributed by atoms with Crippen LogP contribution in [-0.4, -0.2) is 51.8 Å². The van der Waals surface area contributed by atoms with Gasteiger partial charge in [0.2, 0.25) is 0 Å². The molecular weight excluding hydrogens is 336 g/mol. The Morgan fingerprint density at radius 1 is 0.870 bits per heavy atom.